The van der Waals surface area contributed by atoms with Crippen LogP contribution in [-0.2, 0) is 6.42 Å². The summed E-state index contributed by atoms with van der Waals surface area (Å²) in [5.41, 5.74) is 3.25. The molecule has 3 aromatic heterocycles. The zero-order valence-corrected chi connectivity index (χ0v) is 22.3. The highest BCUT2D eigenvalue weighted by molar-refractivity contribution is 5.99. The first-order valence-corrected chi connectivity index (χ1v) is 12.4. The Balaban J connectivity index is 1.44. The lowest BCUT2D eigenvalue weighted by Gasteiger charge is -2.18. The van der Waals surface area contributed by atoms with Gasteiger partial charge in [0.1, 0.15) is 17.1 Å². The maximum atomic E-state index is 15.1. The van der Waals surface area contributed by atoms with Gasteiger partial charge in [0.25, 0.3) is 5.56 Å². The smallest absolute Gasteiger partial charge is 0.266 e. The molecule has 0 atom stereocenters. The Kier molecular flexibility index (Phi) is 7.13. The van der Waals surface area contributed by atoms with E-state index in [1.54, 1.807) is 32.0 Å². The Morgan fingerprint density at radius 3 is 2.38 bits per heavy atom. The predicted octanol–water partition coefficient (Wildman–Crippen LogP) is 6.21. The van der Waals surface area contributed by atoms with Crippen molar-refractivity contribution in [3.63, 3.8) is 0 Å². The number of fused-ring (bicyclic) bond motifs is 1. The van der Waals surface area contributed by atoms with E-state index in [9.17, 15) is 14.0 Å². The zero-order valence-electron chi connectivity index (χ0n) is 22.3. The third kappa shape index (κ3) is 4.93. The van der Waals surface area contributed by atoms with E-state index in [-0.39, 0.29) is 17.7 Å². The summed E-state index contributed by atoms with van der Waals surface area (Å²) in [4.78, 5) is 35.4. The van der Waals surface area contributed by atoms with Crippen molar-refractivity contribution in [2.75, 3.05) is 7.11 Å². The van der Waals surface area contributed by atoms with Gasteiger partial charge in [0.05, 0.1) is 24.4 Å². The summed E-state index contributed by atoms with van der Waals surface area (Å²) in [5, 5.41) is 0. The molecule has 0 aliphatic heterocycles. The summed E-state index contributed by atoms with van der Waals surface area (Å²) in [5.74, 6) is -0.777. The Hall–Kier alpha value is -4.92. The van der Waals surface area contributed by atoms with Crippen molar-refractivity contribution in [1.82, 2.24) is 14.5 Å². The van der Waals surface area contributed by atoms with E-state index in [1.807, 2.05) is 6.92 Å². The lowest BCUT2D eigenvalue weighted by Crippen LogP contribution is -2.30. The average Bonchev–Trinajstić information content (AvgIpc) is 2.94. The molecule has 9 heteroatoms. The van der Waals surface area contributed by atoms with E-state index in [1.165, 1.54) is 60.5 Å². The lowest BCUT2D eigenvalue weighted by molar-refractivity contribution is 0.0990. The third-order valence-corrected chi connectivity index (χ3v) is 6.93. The lowest BCUT2D eigenvalue weighted by atomic mass is 9.96. The second kappa shape index (κ2) is 10.7. The highest BCUT2D eigenvalue weighted by atomic mass is 19.1. The molecule has 0 fully saturated rings. The fourth-order valence-corrected chi connectivity index (χ4v) is 4.59. The topological polar surface area (TPSA) is 83.3 Å². The standard InChI is InChI=1S/C31H25F2N3O4/c1-17-18(2)29(31(38)36(19(17)3)22-8-6-21(32)7-9-22)26(37)14-20-5-10-27(24(33)13-20)40-28-11-12-34-25-15-23(39-4)16-35-30(25)28/h5-13,15-16H,14H2,1-4H3. The molecule has 0 radical (unpaired) electrons. The van der Waals surface area contributed by atoms with Crippen LogP contribution in [0.3, 0.4) is 0 Å². The molecule has 7 nitrogen and oxygen atoms in total. The van der Waals surface area contributed by atoms with Gasteiger partial charge in [0.15, 0.2) is 23.1 Å². The van der Waals surface area contributed by atoms with E-state index >= 15 is 4.39 Å². The fraction of sp³-hybridized carbons (Fsp3) is 0.161. The van der Waals surface area contributed by atoms with Crippen molar-refractivity contribution >= 4 is 16.8 Å². The van der Waals surface area contributed by atoms with Gasteiger partial charge in [-0.1, -0.05) is 6.07 Å². The molecule has 0 N–H and O–H groups in total. The number of hydrogen-bond donors (Lipinski definition) is 0. The number of benzene rings is 2. The molecule has 5 rings (SSSR count). The van der Waals surface area contributed by atoms with Gasteiger partial charge < -0.3 is 9.47 Å². The molecule has 0 bridgehead atoms. The molecule has 0 amide bonds. The quantitative estimate of drug-likeness (QED) is 0.228. The monoisotopic (exact) mass is 541 g/mol. The number of carbonyl (C=O) groups excluding carboxylic acids is 1. The predicted molar refractivity (Wildman–Crippen MR) is 147 cm³/mol. The van der Waals surface area contributed by atoms with Crippen LogP contribution in [0.25, 0.3) is 16.7 Å². The number of pyridine rings is 3. The van der Waals surface area contributed by atoms with E-state index < -0.39 is 23.0 Å². The minimum absolute atomic E-state index is 0.0120. The van der Waals surface area contributed by atoms with Crippen LogP contribution in [0.5, 0.6) is 17.2 Å². The third-order valence-electron chi connectivity index (χ3n) is 6.93. The van der Waals surface area contributed by atoms with Crippen LogP contribution in [0, 0.1) is 32.4 Å². The number of halogens is 2. The molecular weight excluding hydrogens is 516 g/mol. The molecule has 2 aromatic carbocycles. The maximum Gasteiger partial charge on any atom is 0.266 e. The molecule has 0 spiro atoms. The van der Waals surface area contributed by atoms with Gasteiger partial charge in [-0.25, -0.2) is 13.8 Å². The molecule has 40 heavy (non-hydrogen) atoms. The Morgan fingerprint density at radius 2 is 1.68 bits per heavy atom. The normalized spacial score (nSPS) is 11.1. The number of aromatic nitrogens is 3. The number of nitrogens with zero attached hydrogens (tertiary/aromatic N) is 3. The number of methoxy groups -OCH3 is 1. The number of Topliss-reactive ketones (excluding diaryl/α,β-unsaturated/α-hetero) is 1. The second-order valence-corrected chi connectivity index (χ2v) is 9.35. The Labute approximate surface area is 228 Å². The van der Waals surface area contributed by atoms with E-state index in [0.717, 1.165) is 5.56 Å². The maximum absolute atomic E-state index is 15.1. The highest BCUT2D eigenvalue weighted by Crippen LogP contribution is 2.31. The summed E-state index contributed by atoms with van der Waals surface area (Å²) in [6.45, 7) is 5.31. The van der Waals surface area contributed by atoms with Crippen LogP contribution in [0.1, 0.15) is 32.7 Å². The molecule has 0 aliphatic carbocycles. The van der Waals surface area contributed by atoms with E-state index in [2.05, 4.69) is 9.97 Å². The van der Waals surface area contributed by atoms with Crippen LogP contribution in [0.15, 0.2) is 71.8 Å². The van der Waals surface area contributed by atoms with E-state index in [0.29, 0.717) is 45.0 Å². The Bertz CT molecular complexity index is 1830. The van der Waals surface area contributed by atoms with Crippen molar-refractivity contribution in [3.8, 4) is 22.9 Å². The van der Waals surface area contributed by atoms with Crippen molar-refractivity contribution in [2.24, 2.45) is 0 Å². The van der Waals surface area contributed by atoms with Crippen LogP contribution in [-0.4, -0.2) is 27.4 Å². The van der Waals surface area contributed by atoms with E-state index in [4.69, 9.17) is 9.47 Å². The molecule has 0 saturated carbocycles. The van der Waals surface area contributed by atoms with Gasteiger partial charge in [-0.05, 0) is 73.9 Å². The number of hydrogen-bond acceptors (Lipinski definition) is 6. The van der Waals surface area contributed by atoms with Gasteiger partial charge in [0.2, 0.25) is 0 Å². The van der Waals surface area contributed by atoms with Crippen LogP contribution < -0.4 is 15.0 Å². The molecular formula is C31H25F2N3O4. The first-order valence-electron chi connectivity index (χ1n) is 12.4. The second-order valence-electron chi connectivity index (χ2n) is 9.35. The van der Waals surface area contributed by atoms with Gasteiger partial charge in [-0.3, -0.25) is 19.1 Å². The van der Waals surface area contributed by atoms with Crippen molar-refractivity contribution in [3.05, 3.63) is 117 Å². The van der Waals surface area contributed by atoms with Gasteiger partial charge in [-0.2, -0.15) is 0 Å². The summed E-state index contributed by atoms with van der Waals surface area (Å²) in [6.07, 6.45) is 2.84. The number of carbonyl (C=O) groups is 1. The summed E-state index contributed by atoms with van der Waals surface area (Å²) < 4.78 is 41.0. The van der Waals surface area contributed by atoms with Crippen LogP contribution >= 0.6 is 0 Å². The van der Waals surface area contributed by atoms with Crippen LogP contribution in [0.2, 0.25) is 0 Å². The average molecular weight is 542 g/mol. The number of ketones is 1. The molecule has 0 aliphatic rings. The van der Waals surface area contributed by atoms with Gasteiger partial charge >= 0.3 is 0 Å². The molecule has 5 aromatic rings. The first-order chi connectivity index (χ1) is 19.2. The van der Waals surface area contributed by atoms with Crippen LogP contribution in [0.4, 0.5) is 8.78 Å². The summed E-state index contributed by atoms with van der Waals surface area (Å²) in [6, 6.07) is 13.0. The van der Waals surface area contributed by atoms with Crippen molar-refractivity contribution < 1.29 is 23.0 Å². The van der Waals surface area contributed by atoms with Crippen molar-refractivity contribution in [2.45, 2.75) is 27.2 Å². The fourth-order valence-electron chi connectivity index (χ4n) is 4.59. The largest absolute Gasteiger partial charge is 0.495 e. The zero-order chi connectivity index (χ0) is 28.6. The SMILES string of the molecule is COc1cnc2c(Oc3ccc(CC(=O)c4c(C)c(C)c(C)n(-c5ccc(F)cc5)c4=O)cc3F)ccnc2c1. The minimum atomic E-state index is -0.677. The minimum Gasteiger partial charge on any atom is -0.495 e. The first kappa shape index (κ1) is 26.7. The molecule has 3 heterocycles. The molecule has 0 saturated heterocycles. The van der Waals surface area contributed by atoms with Gasteiger partial charge in [-0.15, -0.1) is 0 Å². The van der Waals surface area contributed by atoms with Crippen molar-refractivity contribution in [1.29, 1.82) is 0 Å². The number of rotatable bonds is 7. The summed E-state index contributed by atoms with van der Waals surface area (Å²) in [7, 11) is 1.52. The molecule has 0 unspecified atom stereocenters. The number of ether oxygens (including phenoxy) is 2. The highest BCUT2D eigenvalue weighted by Gasteiger charge is 2.22. The summed E-state index contributed by atoms with van der Waals surface area (Å²) >= 11 is 0. The van der Waals surface area contributed by atoms with Gasteiger partial charge in [0, 0.05) is 36.1 Å². The Morgan fingerprint density at radius 1 is 0.925 bits per heavy atom. The molecule has 202 valence electrons.